The molecule has 0 spiro atoms. The summed E-state index contributed by atoms with van der Waals surface area (Å²) < 4.78 is 43.5. The molecule has 0 bridgehead atoms. The highest BCUT2D eigenvalue weighted by Crippen LogP contribution is 2.35. The molecule has 31 heavy (non-hydrogen) atoms. The lowest BCUT2D eigenvalue weighted by Gasteiger charge is -2.26. The molecule has 0 saturated carbocycles. The van der Waals surface area contributed by atoms with Gasteiger partial charge in [0.2, 0.25) is 5.91 Å². The van der Waals surface area contributed by atoms with E-state index in [1.807, 2.05) is 0 Å². The van der Waals surface area contributed by atoms with Gasteiger partial charge in [-0.25, -0.2) is 8.42 Å². The second-order valence-electron chi connectivity index (χ2n) is 6.79. The van der Waals surface area contributed by atoms with E-state index in [-0.39, 0.29) is 22.2 Å². The molecule has 0 atom stereocenters. The SMILES string of the molecule is COc1ccc(N(CC(=O)OC(C)C)S(=O)(=O)c2ccc(NC(C)=O)cc2)c(OC)c1. The number of benzene rings is 2. The number of anilines is 2. The third-order valence-electron chi connectivity index (χ3n) is 4.06. The van der Waals surface area contributed by atoms with Gasteiger partial charge in [0.1, 0.15) is 18.0 Å². The van der Waals surface area contributed by atoms with Crippen LogP contribution < -0.4 is 19.1 Å². The minimum Gasteiger partial charge on any atom is -0.497 e. The Balaban J connectivity index is 2.53. The minimum absolute atomic E-state index is 0.0724. The lowest BCUT2D eigenvalue weighted by atomic mass is 10.2. The van der Waals surface area contributed by atoms with E-state index in [1.165, 1.54) is 57.5 Å². The normalized spacial score (nSPS) is 11.0. The van der Waals surface area contributed by atoms with Gasteiger partial charge in [-0.2, -0.15) is 0 Å². The number of rotatable bonds is 9. The Hall–Kier alpha value is -3.27. The average molecular weight is 451 g/mol. The third-order valence-corrected chi connectivity index (χ3v) is 5.83. The van der Waals surface area contributed by atoms with Crippen molar-refractivity contribution in [3.05, 3.63) is 42.5 Å². The predicted octanol–water partition coefficient (Wildman–Crippen LogP) is 2.81. The maximum atomic E-state index is 13.5. The fourth-order valence-electron chi connectivity index (χ4n) is 2.75. The summed E-state index contributed by atoms with van der Waals surface area (Å²) in [5.41, 5.74) is 0.592. The van der Waals surface area contributed by atoms with Crippen LogP contribution in [0.15, 0.2) is 47.4 Å². The van der Waals surface area contributed by atoms with Crippen molar-refractivity contribution in [1.29, 1.82) is 0 Å². The Kier molecular flexibility index (Phi) is 7.87. The monoisotopic (exact) mass is 450 g/mol. The van der Waals surface area contributed by atoms with Crippen molar-refractivity contribution >= 4 is 33.3 Å². The number of carbonyl (C=O) groups is 2. The van der Waals surface area contributed by atoms with E-state index >= 15 is 0 Å². The number of amides is 1. The summed E-state index contributed by atoms with van der Waals surface area (Å²) in [4.78, 5) is 23.5. The summed E-state index contributed by atoms with van der Waals surface area (Å²) in [7, 11) is -1.32. The molecule has 0 saturated heterocycles. The lowest BCUT2D eigenvalue weighted by Crippen LogP contribution is -2.37. The summed E-state index contributed by atoms with van der Waals surface area (Å²) in [6.45, 7) is 4.14. The molecule has 2 aromatic rings. The zero-order valence-electron chi connectivity index (χ0n) is 18.0. The molecule has 0 unspecified atom stereocenters. The number of nitrogens with zero attached hydrogens (tertiary/aromatic N) is 1. The molecule has 1 N–H and O–H groups in total. The largest absolute Gasteiger partial charge is 0.497 e. The molecule has 0 aliphatic carbocycles. The maximum absolute atomic E-state index is 13.5. The van der Waals surface area contributed by atoms with Crippen LogP contribution in [0.1, 0.15) is 20.8 Å². The van der Waals surface area contributed by atoms with Gasteiger partial charge in [0.15, 0.2) is 0 Å². The first-order valence-electron chi connectivity index (χ1n) is 9.40. The highest BCUT2D eigenvalue weighted by atomic mass is 32.2. The molecule has 10 heteroatoms. The number of hydrogen-bond donors (Lipinski definition) is 1. The molecule has 2 rings (SSSR count). The van der Waals surface area contributed by atoms with Gasteiger partial charge in [0.25, 0.3) is 10.0 Å². The Morgan fingerprint density at radius 3 is 2.19 bits per heavy atom. The molecule has 2 aromatic carbocycles. The number of hydrogen-bond acceptors (Lipinski definition) is 7. The first-order valence-corrected chi connectivity index (χ1v) is 10.8. The summed E-state index contributed by atoms with van der Waals surface area (Å²) in [6, 6.07) is 10.2. The minimum atomic E-state index is -4.18. The van der Waals surface area contributed by atoms with Gasteiger partial charge < -0.3 is 19.5 Å². The number of sulfonamides is 1. The fraction of sp³-hybridized carbons (Fsp3) is 0.333. The number of esters is 1. The van der Waals surface area contributed by atoms with Crippen molar-refractivity contribution in [3.63, 3.8) is 0 Å². The van der Waals surface area contributed by atoms with Crippen LogP contribution in [-0.2, 0) is 24.3 Å². The maximum Gasteiger partial charge on any atom is 0.327 e. The van der Waals surface area contributed by atoms with Crippen LogP contribution in [0, 0.1) is 0 Å². The molecule has 0 fully saturated rings. The molecule has 9 nitrogen and oxygen atoms in total. The molecule has 1 amide bonds. The first kappa shape index (κ1) is 24.0. The Morgan fingerprint density at radius 2 is 1.68 bits per heavy atom. The van der Waals surface area contributed by atoms with E-state index in [0.29, 0.717) is 11.4 Å². The van der Waals surface area contributed by atoms with Crippen molar-refractivity contribution in [2.24, 2.45) is 0 Å². The highest BCUT2D eigenvalue weighted by Gasteiger charge is 2.30. The van der Waals surface area contributed by atoms with Crippen LogP contribution in [0.2, 0.25) is 0 Å². The molecule has 0 aliphatic rings. The number of carbonyl (C=O) groups excluding carboxylic acids is 2. The fourth-order valence-corrected chi connectivity index (χ4v) is 4.17. The molecule has 0 aromatic heterocycles. The summed E-state index contributed by atoms with van der Waals surface area (Å²) >= 11 is 0. The Labute approximate surface area is 182 Å². The summed E-state index contributed by atoms with van der Waals surface area (Å²) in [5.74, 6) is -0.333. The number of methoxy groups -OCH3 is 2. The zero-order chi connectivity index (χ0) is 23.2. The third kappa shape index (κ3) is 6.11. The van der Waals surface area contributed by atoms with Crippen LogP contribution in [-0.4, -0.2) is 47.2 Å². The van der Waals surface area contributed by atoms with Crippen molar-refractivity contribution in [3.8, 4) is 11.5 Å². The van der Waals surface area contributed by atoms with Gasteiger partial charge in [-0.3, -0.25) is 13.9 Å². The number of ether oxygens (including phenoxy) is 3. The number of nitrogens with one attached hydrogen (secondary N) is 1. The van der Waals surface area contributed by atoms with Gasteiger partial charge in [-0.05, 0) is 50.2 Å². The summed E-state index contributed by atoms with van der Waals surface area (Å²) in [6.07, 6.45) is -0.410. The zero-order valence-corrected chi connectivity index (χ0v) is 18.9. The molecule has 0 aliphatic heterocycles. The molecule has 0 radical (unpaired) electrons. The van der Waals surface area contributed by atoms with E-state index in [1.54, 1.807) is 19.9 Å². The van der Waals surface area contributed by atoms with E-state index in [2.05, 4.69) is 5.32 Å². The van der Waals surface area contributed by atoms with E-state index in [4.69, 9.17) is 14.2 Å². The molecular formula is C21H26N2O7S. The van der Waals surface area contributed by atoms with Crippen molar-refractivity contribution in [1.82, 2.24) is 0 Å². The van der Waals surface area contributed by atoms with Crippen LogP contribution in [0.3, 0.4) is 0 Å². The van der Waals surface area contributed by atoms with Crippen LogP contribution >= 0.6 is 0 Å². The van der Waals surface area contributed by atoms with Gasteiger partial charge in [0, 0.05) is 18.7 Å². The topological polar surface area (TPSA) is 111 Å². The predicted molar refractivity (Wildman–Crippen MR) is 116 cm³/mol. The quantitative estimate of drug-likeness (QED) is 0.585. The molecule has 0 heterocycles. The first-order chi connectivity index (χ1) is 14.6. The second kappa shape index (κ2) is 10.2. The van der Waals surface area contributed by atoms with Crippen LogP contribution in [0.25, 0.3) is 0 Å². The standard InChI is InChI=1S/C21H26N2O7S/c1-14(2)30-21(25)13-23(19-11-8-17(28-4)12-20(19)29-5)31(26,27)18-9-6-16(7-10-18)22-15(3)24/h6-12,14H,13H2,1-5H3,(H,22,24). The van der Waals surface area contributed by atoms with E-state index in [9.17, 15) is 18.0 Å². The highest BCUT2D eigenvalue weighted by molar-refractivity contribution is 7.92. The van der Waals surface area contributed by atoms with Crippen LogP contribution in [0.5, 0.6) is 11.5 Å². The van der Waals surface area contributed by atoms with Gasteiger partial charge in [-0.15, -0.1) is 0 Å². The summed E-state index contributed by atoms with van der Waals surface area (Å²) in [5, 5.41) is 2.57. The Bertz CT molecular complexity index is 1030. The van der Waals surface area contributed by atoms with Gasteiger partial charge >= 0.3 is 5.97 Å². The Morgan fingerprint density at radius 1 is 1.03 bits per heavy atom. The van der Waals surface area contributed by atoms with E-state index < -0.39 is 28.6 Å². The van der Waals surface area contributed by atoms with Crippen molar-refractivity contribution in [2.45, 2.75) is 31.8 Å². The van der Waals surface area contributed by atoms with Gasteiger partial charge in [-0.1, -0.05) is 0 Å². The van der Waals surface area contributed by atoms with Gasteiger partial charge in [0.05, 0.1) is 30.9 Å². The van der Waals surface area contributed by atoms with Crippen LogP contribution in [0.4, 0.5) is 11.4 Å². The smallest absolute Gasteiger partial charge is 0.327 e. The molecular weight excluding hydrogens is 424 g/mol. The second-order valence-corrected chi connectivity index (χ2v) is 8.66. The van der Waals surface area contributed by atoms with Crippen molar-refractivity contribution < 1.29 is 32.2 Å². The molecule has 168 valence electrons. The lowest BCUT2D eigenvalue weighted by molar-refractivity contribution is -0.145. The van der Waals surface area contributed by atoms with Crippen molar-refractivity contribution in [2.75, 3.05) is 30.4 Å². The van der Waals surface area contributed by atoms with E-state index in [0.717, 1.165) is 4.31 Å². The average Bonchev–Trinajstić information content (AvgIpc) is 2.71.